The van der Waals surface area contributed by atoms with E-state index in [-0.39, 0.29) is 11.9 Å². The van der Waals surface area contributed by atoms with Gasteiger partial charge in [0.15, 0.2) is 0 Å². The normalized spacial score (nSPS) is 20.5. The minimum Gasteiger partial charge on any atom is -0.309 e. The number of likely N-dealkylation sites (tertiary alicyclic amines) is 1. The van der Waals surface area contributed by atoms with Crippen LogP contribution in [-0.2, 0) is 4.79 Å². The fourth-order valence-corrected chi connectivity index (χ4v) is 2.26. The van der Waals surface area contributed by atoms with Crippen molar-refractivity contribution in [2.45, 2.75) is 32.7 Å². The minimum absolute atomic E-state index is 0.141. The number of amides is 1. The van der Waals surface area contributed by atoms with Crippen molar-refractivity contribution in [2.24, 2.45) is 0 Å². The van der Waals surface area contributed by atoms with E-state index in [2.05, 4.69) is 19.1 Å². The molecule has 0 N–H and O–H groups in total. The van der Waals surface area contributed by atoms with Crippen LogP contribution in [0.25, 0.3) is 0 Å². The van der Waals surface area contributed by atoms with E-state index in [1.807, 2.05) is 36.1 Å². The van der Waals surface area contributed by atoms with Crippen molar-refractivity contribution in [3.63, 3.8) is 0 Å². The summed E-state index contributed by atoms with van der Waals surface area (Å²) in [5.74, 6) is 0.240. The van der Waals surface area contributed by atoms with Gasteiger partial charge in [-0.25, -0.2) is 0 Å². The number of carbonyl (C=O) groups is 1. The van der Waals surface area contributed by atoms with Gasteiger partial charge in [0.2, 0.25) is 5.91 Å². The molecule has 0 radical (unpaired) electrons. The highest BCUT2D eigenvalue weighted by Gasteiger charge is 2.29. The molecule has 1 heterocycles. The van der Waals surface area contributed by atoms with Gasteiger partial charge < -0.3 is 4.90 Å². The molecule has 1 fully saturated rings. The van der Waals surface area contributed by atoms with Crippen LogP contribution in [0.4, 0.5) is 0 Å². The topological polar surface area (TPSA) is 20.3 Å². The second-order valence-electron chi connectivity index (χ2n) is 4.13. The van der Waals surface area contributed by atoms with Gasteiger partial charge in [-0.2, -0.15) is 0 Å². The lowest BCUT2D eigenvalue weighted by atomic mass is 10.1. The summed E-state index contributed by atoms with van der Waals surface area (Å²) < 4.78 is 0. The predicted molar refractivity (Wildman–Crippen MR) is 64.7 cm³/mol. The molecule has 0 saturated carbocycles. The van der Waals surface area contributed by atoms with Crippen LogP contribution >= 0.6 is 0 Å². The van der Waals surface area contributed by atoms with Crippen molar-refractivity contribution in [1.29, 1.82) is 0 Å². The first-order valence-corrected chi connectivity index (χ1v) is 5.76. The van der Waals surface area contributed by atoms with Gasteiger partial charge in [0.1, 0.15) is 0 Å². The molecule has 0 bridgehead atoms. The Labute approximate surface area is 96.6 Å². The Bertz CT molecular complexity index is 408. The van der Waals surface area contributed by atoms with Gasteiger partial charge >= 0.3 is 0 Å². The highest BCUT2D eigenvalue weighted by atomic mass is 16.2. The van der Waals surface area contributed by atoms with Crippen LogP contribution in [0.5, 0.6) is 0 Å². The molecule has 0 aliphatic carbocycles. The van der Waals surface area contributed by atoms with E-state index in [0.717, 1.165) is 12.1 Å². The first kappa shape index (κ1) is 10.9. The standard InChI is InChI=1S/C14H17NO/c1-3-13-9-10-14(16)15(13)11(2)12-7-5-4-6-8-12/h3-8,11H,9-10H2,1-2H3/b13-3-/t11-/m0/s1. The quantitative estimate of drug-likeness (QED) is 0.741. The number of nitrogens with zero attached hydrogens (tertiary/aromatic N) is 1. The fraction of sp³-hybridized carbons (Fsp3) is 0.357. The largest absolute Gasteiger partial charge is 0.309 e. The van der Waals surface area contributed by atoms with Crippen LogP contribution in [0.1, 0.15) is 38.3 Å². The number of hydrogen-bond acceptors (Lipinski definition) is 1. The molecule has 2 heteroatoms. The zero-order chi connectivity index (χ0) is 11.5. The average Bonchev–Trinajstić information content (AvgIpc) is 2.70. The van der Waals surface area contributed by atoms with E-state index in [0.29, 0.717) is 6.42 Å². The first-order chi connectivity index (χ1) is 7.74. The maximum Gasteiger partial charge on any atom is 0.227 e. The smallest absolute Gasteiger partial charge is 0.227 e. The van der Waals surface area contributed by atoms with Gasteiger partial charge in [0.05, 0.1) is 6.04 Å². The molecule has 1 amide bonds. The Morgan fingerprint density at radius 2 is 1.94 bits per heavy atom. The third-order valence-electron chi connectivity index (χ3n) is 3.18. The van der Waals surface area contributed by atoms with Crippen molar-refractivity contribution < 1.29 is 4.79 Å². The van der Waals surface area contributed by atoms with Crippen molar-refractivity contribution in [2.75, 3.05) is 0 Å². The Hall–Kier alpha value is -1.57. The Kier molecular flexibility index (Phi) is 3.09. The van der Waals surface area contributed by atoms with E-state index in [1.54, 1.807) is 0 Å². The molecular weight excluding hydrogens is 198 g/mol. The third-order valence-corrected chi connectivity index (χ3v) is 3.18. The molecule has 0 unspecified atom stereocenters. The molecule has 1 aliphatic heterocycles. The van der Waals surface area contributed by atoms with Crippen LogP contribution in [-0.4, -0.2) is 10.8 Å². The van der Waals surface area contributed by atoms with Gasteiger partial charge in [-0.3, -0.25) is 4.79 Å². The Morgan fingerprint density at radius 1 is 1.25 bits per heavy atom. The SMILES string of the molecule is C/C=C1/CCC(=O)N1[C@@H](C)c1ccccc1. The molecule has 84 valence electrons. The maximum atomic E-state index is 11.8. The van der Waals surface area contributed by atoms with E-state index < -0.39 is 0 Å². The molecular formula is C14H17NO. The highest BCUT2D eigenvalue weighted by molar-refractivity contribution is 5.81. The molecule has 0 aromatic heterocycles. The number of benzene rings is 1. The van der Waals surface area contributed by atoms with Crippen LogP contribution < -0.4 is 0 Å². The van der Waals surface area contributed by atoms with Gasteiger partial charge in [-0.05, 0) is 25.8 Å². The predicted octanol–water partition coefficient (Wildman–Crippen LogP) is 3.27. The Balaban J connectivity index is 2.27. The molecule has 16 heavy (non-hydrogen) atoms. The number of allylic oxidation sites excluding steroid dienone is 2. The monoisotopic (exact) mass is 215 g/mol. The molecule has 1 aromatic carbocycles. The summed E-state index contributed by atoms with van der Waals surface area (Å²) in [5.41, 5.74) is 2.35. The summed E-state index contributed by atoms with van der Waals surface area (Å²) in [4.78, 5) is 13.8. The molecule has 1 atom stereocenters. The van der Waals surface area contributed by atoms with Gasteiger partial charge in [0.25, 0.3) is 0 Å². The molecule has 1 aliphatic rings. The fourth-order valence-electron chi connectivity index (χ4n) is 2.26. The Morgan fingerprint density at radius 3 is 2.56 bits per heavy atom. The lowest BCUT2D eigenvalue weighted by Crippen LogP contribution is -2.26. The molecule has 1 saturated heterocycles. The second kappa shape index (κ2) is 4.52. The second-order valence-corrected chi connectivity index (χ2v) is 4.13. The maximum absolute atomic E-state index is 11.8. The molecule has 2 nitrogen and oxygen atoms in total. The van der Waals surface area contributed by atoms with E-state index in [9.17, 15) is 4.79 Å². The van der Waals surface area contributed by atoms with E-state index in [4.69, 9.17) is 0 Å². The van der Waals surface area contributed by atoms with Crippen LogP contribution in [0.3, 0.4) is 0 Å². The molecule has 2 rings (SSSR count). The lowest BCUT2D eigenvalue weighted by molar-refractivity contribution is -0.128. The first-order valence-electron chi connectivity index (χ1n) is 5.76. The van der Waals surface area contributed by atoms with Crippen LogP contribution in [0.15, 0.2) is 42.1 Å². The zero-order valence-corrected chi connectivity index (χ0v) is 9.81. The number of rotatable bonds is 2. The summed E-state index contributed by atoms with van der Waals surface area (Å²) >= 11 is 0. The van der Waals surface area contributed by atoms with Crippen LogP contribution in [0.2, 0.25) is 0 Å². The van der Waals surface area contributed by atoms with Crippen molar-refractivity contribution in [3.05, 3.63) is 47.7 Å². The van der Waals surface area contributed by atoms with Crippen molar-refractivity contribution in [3.8, 4) is 0 Å². The van der Waals surface area contributed by atoms with Gasteiger partial charge in [-0.1, -0.05) is 36.4 Å². The van der Waals surface area contributed by atoms with Gasteiger partial charge in [0, 0.05) is 12.1 Å². The van der Waals surface area contributed by atoms with E-state index >= 15 is 0 Å². The molecule has 1 aromatic rings. The van der Waals surface area contributed by atoms with Crippen LogP contribution in [0, 0.1) is 0 Å². The molecule has 0 spiro atoms. The number of hydrogen-bond donors (Lipinski definition) is 0. The van der Waals surface area contributed by atoms with Crippen molar-refractivity contribution >= 4 is 5.91 Å². The van der Waals surface area contributed by atoms with E-state index in [1.165, 1.54) is 5.56 Å². The summed E-state index contributed by atoms with van der Waals surface area (Å²) in [6, 6.07) is 10.3. The van der Waals surface area contributed by atoms with Crippen molar-refractivity contribution in [1.82, 2.24) is 4.90 Å². The zero-order valence-electron chi connectivity index (χ0n) is 9.81. The summed E-state index contributed by atoms with van der Waals surface area (Å²) in [6.45, 7) is 4.08. The third kappa shape index (κ3) is 1.87. The summed E-state index contributed by atoms with van der Waals surface area (Å²) in [7, 11) is 0. The summed E-state index contributed by atoms with van der Waals surface area (Å²) in [6.07, 6.45) is 3.58. The number of carbonyl (C=O) groups excluding carboxylic acids is 1. The average molecular weight is 215 g/mol. The lowest BCUT2D eigenvalue weighted by Gasteiger charge is -2.26. The minimum atomic E-state index is 0.141. The summed E-state index contributed by atoms with van der Waals surface area (Å²) in [5, 5.41) is 0. The highest BCUT2D eigenvalue weighted by Crippen LogP contribution is 2.32. The van der Waals surface area contributed by atoms with Gasteiger partial charge in [-0.15, -0.1) is 0 Å².